The predicted octanol–water partition coefficient (Wildman–Crippen LogP) is 3.05. The zero-order valence-corrected chi connectivity index (χ0v) is 16.7. The number of aromatic nitrogens is 3. The molecule has 1 amide bonds. The van der Waals surface area contributed by atoms with Crippen LogP contribution in [0.4, 0.5) is 0 Å². The van der Waals surface area contributed by atoms with Crippen molar-refractivity contribution < 1.29 is 4.79 Å². The van der Waals surface area contributed by atoms with Gasteiger partial charge >= 0.3 is 5.69 Å². The Bertz CT molecular complexity index is 924. The van der Waals surface area contributed by atoms with Gasteiger partial charge in [-0.05, 0) is 43.4 Å². The summed E-state index contributed by atoms with van der Waals surface area (Å²) in [6.45, 7) is 1.79. The summed E-state index contributed by atoms with van der Waals surface area (Å²) in [5.74, 6) is 1.52. The van der Waals surface area contributed by atoms with Crippen LogP contribution in [0.3, 0.4) is 0 Å². The molecule has 8 heteroatoms. The van der Waals surface area contributed by atoms with E-state index in [1.165, 1.54) is 4.68 Å². The maximum atomic E-state index is 12.6. The minimum atomic E-state index is -0.160. The van der Waals surface area contributed by atoms with Crippen molar-refractivity contribution in [1.82, 2.24) is 19.2 Å². The van der Waals surface area contributed by atoms with Gasteiger partial charge in [-0.25, -0.2) is 9.48 Å². The van der Waals surface area contributed by atoms with Crippen molar-refractivity contribution in [3.8, 4) is 0 Å². The van der Waals surface area contributed by atoms with Crippen LogP contribution in [0.15, 0.2) is 23.0 Å². The minimum Gasteiger partial charge on any atom is -0.342 e. The number of nitrogens with zero attached hydrogens (tertiary/aromatic N) is 4. The largest absolute Gasteiger partial charge is 0.345 e. The summed E-state index contributed by atoms with van der Waals surface area (Å²) in [5.41, 5.74) is 0.644. The van der Waals surface area contributed by atoms with Crippen LogP contribution in [0, 0.1) is 5.92 Å². The van der Waals surface area contributed by atoms with Crippen LogP contribution in [-0.2, 0) is 18.4 Å². The van der Waals surface area contributed by atoms with E-state index in [-0.39, 0.29) is 17.5 Å². The van der Waals surface area contributed by atoms with Crippen molar-refractivity contribution in [1.29, 1.82) is 0 Å². The molecule has 1 saturated heterocycles. The summed E-state index contributed by atoms with van der Waals surface area (Å²) in [7, 11) is 1.76. The molecule has 6 nitrogen and oxygen atoms in total. The van der Waals surface area contributed by atoms with Crippen molar-refractivity contribution in [2.24, 2.45) is 13.0 Å². The van der Waals surface area contributed by atoms with Crippen LogP contribution in [0.5, 0.6) is 0 Å². The molecule has 1 aromatic heterocycles. The normalized spacial score (nSPS) is 18.1. The number of carbonyl (C=O) groups excluding carboxylic acids is 1. The molecular formula is C19H22Cl2N4O2. The number of carbonyl (C=O) groups is 1. The van der Waals surface area contributed by atoms with Gasteiger partial charge in [-0.15, -0.1) is 0 Å². The smallest absolute Gasteiger partial charge is 0.342 e. The molecular weight excluding hydrogens is 387 g/mol. The molecule has 1 aromatic carbocycles. The molecule has 1 saturated carbocycles. The zero-order valence-electron chi connectivity index (χ0n) is 15.2. The number of hydrogen-bond acceptors (Lipinski definition) is 3. The second-order valence-corrected chi connectivity index (χ2v) is 8.31. The average molecular weight is 409 g/mol. The number of rotatable bonds is 4. The third-order valence-electron chi connectivity index (χ3n) is 5.51. The lowest BCUT2D eigenvalue weighted by Gasteiger charge is -2.31. The third-order valence-corrected chi connectivity index (χ3v) is 6.10. The maximum absolute atomic E-state index is 12.6. The SMILES string of the molecule is Cn1c(C2CCN(C(=O)C3CC3)CC2)nn(Cc2ccc(Cl)cc2Cl)c1=O. The van der Waals surface area contributed by atoms with Gasteiger partial charge in [-0.3, -0.25) is 9.36 Å². The van der Waals surface area contributed by atoms with Gasteiger partial charge in [0.25, 0.3) is 0 Å². The van der Waals surface area contributed by atoms with Gasteiger partial charge in [0.15, 0.2) is 0 Å². The van der Waals surface area contributed by atoms with Crippen LogP contribution >= 0.6 is 23.2 Å². The van der Waals surface area contributed by atoms with E-state index in [0.29, 0.717) is 22.5 Å². The van der Waals surface area contributed by atoms with Crippen LogP contribution in [-0.4, -0.2) is 38.2 Å². The average Bonchev–Trinajstić information content (AvgIpc) is 3.46. The van der Waals surface area contributed by atoms with Gasteiger partial charge in [0, 0.05) is 42.0 Å². The first-order chi connectivity index (χ1) is 12.9. The number of hydrogen-bond donors (Lipinski definition) is 0. The Labute approximate surface area is 167 Å². The monoisotopic (exact) mass is 408 g/mol. The quantitative estimate of drug-likeness (QED) is 0.780. The highest BCUT2D eigenvalue weighted by atomic mass is 35.5. The Morgan fingerprint density at radius 2 is 1.89 bits per heavy atom. The maximum Gasteiger partial charge on any atom is 0.345 e. The Kier molecular flexibility index (Phi) is 5.03. The van der Waals surface area contributed by atoms with Crippen molar-refractivity contribution in [2.45, 2.75) is 38.1 Å². The van der Waals surface area contributed by atoms with Crippen molar-refractivity contribution in [3.05, 3.63) is 50.1 Å². The molecule has 0 bridgehead atoms. The fourth-order valence-corrected chi connectivity index (χ4v) is 4.19. The van der Waals surface area contributed by atoms with Crippen molar-refractivity contribution in [3.63, 3.8) is 0 Å². The summed E-state index contributed by atoms with van der Waals surface area (Å²) in [4.78, 5) is 26.8. The number of halogens is 2. The fraction of sp³-hybridized carbons (Fsp3) is 0.526. The Morgan fingerprint density at radius 3 is 2.52 bits per heavy atom. The highest BCUT2D eigenvalue weighted by Gasteiger charge is 2.35. The van der Waals surface area contributed by atoms with E-state index in [1.54, 1.807) is 23.7 Å². The molecule has 2 aromatic rings. The number of amides is 1. The first-order valence-electron chi connectivity index (χ1n) is 9.30. The van der Waals surface area contributed by atoms with E-state index in [9.17, 15) is 9.59 Å². The lowest BCUT2D eigenvalue weighted by Crippen LogP contribution is -2.39. The van der Waals surface area contributed by atoms with Crippen molar-refractivity contribution >= 4 is 29.1 Å². The highest BCUT2D eigenvalue weighted by molar-refractivity contribution is 6.35. The summed E-state index contributed by atoms with van der Waals surface area (Å²) in [6, 6.07) is 5.23. The van der Waals surface area contributed by atoms with Crippen LogP contribution in [0.1, 0.15) is 43.0 Å². The molecule has 0 N–H and O–H groups in total. The Balaban J connectivity index is 1.49. The second-order valence-electron chi connectivity index (χ2n) is 7.47. The van der Waals surface area contributed by atoms with Crippen LogP contribution in [0.25, 0.3) is 0 Å². The topological polar surface area (TPSA) is 60.1 Å². The molecule has 0 atom stereocenters. The van der Waals surface area contributed by atoms with Crippen LogP contribution in [0.2, 0.25) is 10.0 Å². The van der Waals surface area contributed by atoms with E-state index in [1.807, 2.05) is 11.0 Å². The van der Waals surface area contributed by atoms with Gasteiger partial charge < -0.3 is 4.90 Å². The summed E-state index contributed by atoms with van der Waals surface area (Å²) < 4.78 is 3.07. The van der Waals surface area contributed by atoms with E-state index in [4.69, 9.17) is 23.2 Å². The second kappa shape index (κ2) is 7.32. The highest BCUT2D eigenvalue weighted by Crippen LogP contribution is 2.34. The number of likely N-dealkylation sites (tertiary alicyclic amines) is 1. The van der Waals surface area contributed by atoms with Gasteiger partial charge in [-0.1, -0.05) is 29.3 Å². The molecule has 0 spiro atoms. The molecule has 4 rings (SSSR count). The molecule has 1 aliphatic carbocycles. The summed E-state index contributed by atoms with van der Waals surface area (Å²) in [6.07, 6.45) is 3.74. The van der Waals surface area contributed by atoms with Gasteiger partial charge in [0.1, 0.15) is 5.82 Å². The van der Waals surface area contributed by atoms with Crippen molar-refractivity contribution in [2.75, 3.05) is 13.1 Å². The Hall–Kier alpha value is -1.79. The summed E-state index contributed by atoms with van der Waals surface area (Å²) in [5, 5.41) is 5.66. The molecule has 1 aliphatic heterocycles. The minimum absolute atomic E-state index is 0.160. The van der Waals surface area contributed by atoms with E-state index >= 15 is 0 Å². The first kappa shape index (κ1) is 18.6. The third kappa shape index (κ3) is 3.78. The summed E-state index contributed by atoms with van der Waals surface area (Å²) >= 11 is 12.2. The lowest BCUT2D eigenvalue weighted by molar-refractivity contribution is -0.133. The van der Waals surface area contributed by atoms with Gasteiger partial charge in [-0.2, -0.15) is 5.10 Å². The predicted molar refractivity (Wildman–Crippen MR) is 104 cm³/mol. The zero-order chi connectivity index (χ0) is 19.1. The molecule has 144 valence electrons. The van der Waals surface area contributed by atoms with Gasteiger partial charge in [0.05, 0.1) is 6.54 Å². The molecule has 2 heterocycles. The molecule has 0 unspecified atom stereocenters. The molecule has 0 radical (unpaired) electrons. The fourth-order valence-electron chi connectivity index (χ4n) is 3.72. The van der Waals surface area contributed by atoms with E-state index in [0.717, 1.165) is 50.2 Å². The number of piperidine rings is 1. The van der Waals surface area contributed by atoms with Crippen LogP contribution < -0.4 is 5.69 Å². The van der Waals surface area contributed by atoms with Gasteiger partial charge in [0.2, 0.25) is 5.91 Å². The standard InChI is InChI=1S/C19H22Cl2N4O2/c1-23-17(12-6-8-24(9-7-12)18(26)13-2-3-13)22-25(19(23)27)11-14-4-5-15(20)10-16(14)21/h4-5,10,12-13H,2-3,6-9,11H2,1H3. The van der Waals surface area contributed by atoms with E-state index in [2.05, 4.69) is 5.10 Å². The molecule has 2 aliphatic rings. The molecule has 2 fully saturated rings. The van der Waals surface area contributed by atoms with E-state index < -0.39 is 0 Å². The molecule has 27 heavy (non-hydrogen) atoms. The first-order valence-corrected chi connectivity index (χ1v) is 10.1. The number of benzene rings is 1. The Morgan fingerprint density at radius 1 is 1.19 bits per heavy atom. The lowest BCUT2D eigenvalue weighted by atomic mass is 9.95.